The Balaban J connectivity index is 2.41. The molecule has 0 saturated heterocycles. The summed E-state index contributed by atoms with van der Waals surface area (Å²) < 4.78 is 0. The topological polar surface area (TPSA) is 76.2 Å². The van der Waals surface area contributed by atoms with E-state index >= 15 is 0 Å². The lowest BCUT2D eigenvalue weighted by atomic mass is 9.97. The number of hydrogen-bond donors (Lipinski definition) is 2. The molecule has 0 aromatic carbocycles. The number of nitrogens with two attached hydrogens (primary N) is 1. The largest absolute Gasteiger partial charge is 0.481 e. The highest BCUT2D eigenvalue weighted by Crippen LogP contribution is 2.14. The second-order valence-corrected chi connectivity index (χ2v) is 3.83. The van der Waals surface area contributed by atoms with Gasteiger partial charge in [-0.25, -0.2) is 0 Å². The number of aryl methyl sites for hydroxylation is 1. The van der Waals surface area contributed by atoms with Crippen LogP contribution in [0.25, 0.3) is 0 Å². The van der Waals surface area contributed by atoms with E-state index in [1.54, 1.807) is 6.20 Å². The van der Waals surface area contributed by atoms with Gasteiger partial charge in [-0.3, -0.25) is 9.78 Å². The normalized spacial score (nSPS) is 12.3. The average Bonchev–Trinajstić information content (AvgIpc) is 2.30. The summed E-state index contributed by atoms with van der Waals surface area (Å²) in [7, 11) is 0. The van der Waals surface area contributed by atoms with Crippen LogP contribution in [-0.4, -0.2) is 22.6 Å². The average molecular weight is 222 g/mol. The van der Waals surface area contributed by atoms with E-state index in [-0.39, 0.29) is 5.92 Å². The maximum absolute atomic E-state index is 11.0. The smallest absolute Gasteiger partial charge is 0.306 e. The van der Waals surface area contributed by atoms with Crippen molar-refractivity contribution >= 4 is 5.97 Å². The number of rotatable bonds is 7. The number of hydrogen-bond acceptors (Lipinski definition) is 3. The predicted molar refractivity (Wildman–Crippen MR) is 62.0 cm³/mol. The van der Waals surface area contributed by atoms with Crippen LogP contribution in [0.4, 0.5) is 0 Å². The number of carboxylic acid groups (broad SMARTS) is 1. The van der Waals surface area contributed by atoms with Gasteiger partial charge in [0, 0.05) is 11.9 Å². The van der Waals surface area contributed by atoms with Crippen molar-refractivity contribution in [2.45, 2.75) is 25.7 Å². The van der Waals surface area contributed by atoms with Crippen LogP contribution >= 0.6 is 0 Å². The van der Waals surface area contributed by atoms with Crippen molar-refractivity contribution in [3.8, 4) is 0 Å². The van der Waals surface area contributed by atoms with Crippen LogP contribution in [0.3, 0.4) is 0 Å². The zero-order valence-electron chi connectivity index (χ0n) is 9.30. The third-order valence-corrected chi connectivity index (χ3v) is 2.58. The molecule has 0 aliphatic carbocycles. The van der Waals surface area contributed by atoms with E-state index in [1.807, 2.05) is 18.2 Å². The summed E-state index contributed by atoms with van der Waals surface area (Å²) in [6.45, 7) is 0.549. The molecule has 1 atom stereocenters. The molecule has 3 N–H and O–H groups in total. The molecule has 0 spiro atoms. The van der Waals surface area contributed by atoms with Gasteiger partial charge in [-0.1, -0.05) is 6.07 Å². The number of carboxylic acids is 1. The molecule has 4 nitrogen and oxygen atoms in total. The lowest BCUT2D eigenvalue weighted by molar-refractivity contribution is -0.142. The first-order valence-corrected chi connectivity index (χ1v) is 5.57. The molecular weight excluding hydrogens is 204 g/mol. The summed E-state index contributed by atoms with van der Waals surface area (Å²) >= 11 is 0. The number of aliphatic carboxylic acids is 1. The molecule has 0 saturated carbocycles. The van der Waals surface area contributed by atoms with Gasteiger partial charge in [-0.2, -0.15) is 0 Å². The van der Waals surface area contributed by atoms with Gasteiger partial charge in [0.2, 0.25) is 0 Å². The maximum Gasteiger partial charge on any atom is 0.306 e. The van der Waals surface area contributed by atoms with Crippen molar-refractivity contribution in [2.24, 2.45) is 11.7 Å². The lowest BCUT2D eigenvalue weighted by Gasteiger charge is -2.10. The van der Waals surface area contributed by atoms with Crippen LogP contribution < -0.4 is 5.73 Å². The molecular formula is C12H18N2O2. The van der Waals surface area contributed by atoms with Gasteiger partial charge in [0.05, 0.1) is 5.92 Å². The second kappa shape index (κ2) is 6.95. The SMILES string of the molecule is NCCCC(CCc1ccccn1)C(=O)O. The number of pyridine rings is 1. The summed E-state index contributed by atoms with van der Waals surface area (Å²) in [5, 5.41) is 9.02. The van der Waals surface area contributed by atoms with Gasteiger partial charge in [-0.05, 0) is 44.4 Å². The van der Waals surface area contributed by atoms with Crippen molar-refractivity contribution in [1.82, 2.24) is 4.98 Å². The fourth-order valence-corrected chi connectivity index (χ4v) is 1.62. The Morgan fingerprint density at radius 2 is 2.25 bits per heavy atom. The molecule has 16 heavy (non-hydrogen) atoms. The molecule has 1 unspecified atom stereocenters. The Bertz CT molecular complexity index is 314. The lowest BCUT2D eigenvalue weighted by Crippen LogP contribution is -2.16. The van der Waals surface area contributed by atoms with Crippen LogP contribution in [0.15, 0.2) is 24.4 Å². The molecule has 0 bridgehead atoms. The Kier molecular flexibility index (Phi) is 5.50. The molecule has 0 fully saturated rings. The van der Waals surface area contributed by atoms with Crippen LogP contribution in [0.2, 0.25) is 0 Å². The van der Waals surface area contributed by atoms with Crippen molar-refractivity contribution in [2.75, 3.05) is 6.54 Å². The van der Waals surface area contributed by atoms with Crippen LogP contribution in [0, 0.1) is 5.92 Å². The molecule has 0 radical (unpaired) electrons. The van der Waals surface area contributed by atoms with E-state index in [0.717, 1.165) is 12.1 Å². The number of nitrogens with zero attached hydrogens (tertiary/aromatic N) is 1. The summed E-state index contributed by atoms with van der Waals surface area (Å²) in [5.41, 5.74) is 6.32. The summed E-state index contributed by atoms with van der Waals surface area (Å²) in [4.78, 5) is 15.1. The number of carbonyl (C=O) groups is 1. The van der Waals surface area contributed by atoms with Crippen molar-refractivity contribution in [3.63, 3.8) is 0 Å². The highest BCUT2D eigenvalue weighted by atomic mass is 16.4. The predicted octanol–water partition coefficient (Wildman–Crippen LogP) is 1.45. The van der Waals surface area contributed by atoms with E-state index in [4.69, 9.17) is 10.8 Å². The van der Waals surface area contributed by atoms with E-state index in [0.29, 0.717) is 25.8 Å². The van der Waals surface area contributed by atoms with Gasteiger partial charge in [-0.15, -0.1) is 0 Å². The van der Waals surface area contributed by atoms with Crippen molar-refractivity contribution in [1.29, 1.82) is 0 Å². The van der Waals surface area contributed by atoms with Gasteiger partial charge in [0.25, 0.3) is 0 Å². The Morgan fingerprint density at radius 3 is 2.81 bits per heavy atom. The molecule has 4 heteroatoms. The molecule has 88 valence electrons. The molecule has 1 aromatic heterocycles. The minimum atomic E-state index is -0.732. The minimum absolute atomic E-state index is 0.300. The molecule has 0 amide bonds. The third kappa shape index (κ3) is 4.40. The zero-order chi connectivity index (χ0) is 11.8. The van der Waals surface area contributed by atoms with Crippen molar-refractivity contribution in [3.05, 3.63) is 30.1 Å². The zero-order valence-corrected chi connectivity index (χ0v) is 9.30. The first-order valence-electron chi connectivity index (χ1n) is 5.57. The van der Waals surface area contributed by atoms with E-state index < -0.39 is 5.97 Å². The van der Waals surface area contributed by atoms with Crippen molar-refractivity contribution < 1.29 is 9.90 Å². The minimum Gasteiger partial charge on any atom is -0.481 e. The Morgan fingerprint density at radius 1 is 1.44 bits per heavy atom. The molecule has 1 heterocycles. The third-order valence-electron chi connectivity index (χ3n) is 2.58. The summed E-state index contributed by atoms with van der Waals surface area (Å²) in [6, 6.07) is 5.69. The van der Waals surface area contributed by atoms with E-state index in [9.17, 15) is 4.79 Å². The van der Waals surface area contributed by atoms with E-state index in [1.165, 1.54) is 0 Å². The van der Waals surface area contributed by atoms with Crippen LogP contribution in [-0.2, 0) is 11.2 Å². The maximum atomic E-state index is 11.0. The summed E-state index contributed by atoms with van der Waals surface area (Å²) in [5.74, 6) is -1.03. The van der Waals surface area contributed by atoms with Gasteiger partial charge >= 0.3 is 5.97 Å². The molecule has 0 aliphatic rings. The highest BCUT2D eigenvalue weighted by Gasteiger charge is 2.16. The summed E-state index contributed by atoms with van der Waals surface area (Å²) in [6.07, 6.45) is 4.48. The fourth-order valence-electron chi connectivity index (χ4n) is 1.62. The Hall–Kier alpha value is -1.42. The first-order chi connectivity index (χ1) is 7.74. The highest BCUT2D eigenvalue weighted by molar-refractivity contribution is 5.69. The van der Waals surface area contributed by atoms with Crippen LogP contribution in [0.1, 0.15) is 25.0 Å². The Labute approximate surface area is 95.5 Å². The van der Waals surface area contributed by atoms with Gasteiger partial charge in [0.1, 0.15) is 0 Å². The molecule has 1 rings (SSSR count). The molecule has 0 aliphatic heterocycles. The standard InChI is InChI=1S/C12H18N2O2/c13-8-3-4-10(12(15)16)6-7-11-5-1-2-9-14-11/h1-2,5,9-10H,3-4,6-8,13H2,(H,15,16). The van der Waals surface area contributed by atoms with E-state index in [2.05, 4.69) is 4.98 Å². The number of aromatic nitrogens is 1. The first kappa shape index (κ1) is 12.6. The fraction of sp³-hybridized carbons (Fsp3) is 0.500. The van der Waals surface area contributed by atoms with Gasteiger partial charge < -0.3 is 10.8 Å². The quantitative estimate of drug-likeness (QED) is 0.732. The monoisotopic (exact) mass is 222 g/mol. The molecule has 1 aromatic rings. The second-order valence-electron chi connectivity index (χ2n) is 3.83. The van der Waals surface area contributed by atoms with Crippen LogP contribution in [0.5, 0.6) is 0 Å². The van der Waals surface area contributed by atoms with Gasteiger partial charge in [0.15, 0.2) is 0 Å².